The summed E-state index contributed by atoms with van der Waals surface area (Å²) in [6.45, 7) is 15.3. The molecule has 0 spiro atoms. The SMILES string of the molecule is CC.CC(C)C1COC(C)(C)OC1C. The van der Waals surface area contributed by atoms with Gasteiger partial charge < -0.3 is 9.47 Å². The molecule has 0 aromatic rings. The Morgan fingerprint density at radius 3 is 2.07 bits per heavy atom. The third-order valence-corrected chi connectivity index (χ3v) is 2.55. The van der Waals surface area contributed by atoms with Crippen molar-refractivity contribution in [2.75, 3.05) is 6.61 Å². The summed E-state index contributed by atoms with van der Waals surface area (Å²) in [6.07, 6.45) is 0.314. The lowest BCUT2D eigenvalue weighted by Gasteiger charge is -2.41. The number of rotatable bonds is 1. The van der Waals surface area contributed by atoms with Gasteiger partial charge in [0.1, 0.15) is 0 Å². The first-order valence-corrected chi connectivity index (χ1v) is 5.74. The van der Waals surface area contributed by atoms with Gasteiger partial charge in [-0.15, -0.1) is 0 Å². The first-order chi connectivity index (χ1) is 6.42. The molecule has 2 unspecified atom stereocenters. The normalized spacial score (nSPS) is 30.9. The average molecular weight is 202 g/mol. The summed E-state index contributed by atoms with van der Waals surface area (Å²) < 4.78 is 11.3. The predicted molar refractivity (Wildman–Crippen MR) is 60.3 cm³/mol. The van der Waals surface area contributed by atoms with Crippen LogP contribution in [0.25, 0.3) is 0 Å². The molecule has 1 heterocycles. The van der Waals surface area contributed by atoms with E-state index in [0.717, 1.165) is 6.61 Å². The van der Waals surface area contributed by atoms with E-state index in [1.165, 1.54) is 0 Å². The molecule has 2 heteroatoms. The maximum absolute atomic E-state index is 5.73. The van der Waals surface area contributed by atoms with Crippen LogP contribution in [0, 0.1) is 11.8 Å². The van der Waals surface area contributed by atoms with Gasteiger partial charge in [-0.25, -0.2) is 0 Å². The van der Waals surface area contributed by atoms with Gasteiger partial charge in [0, 0.05) is 5.92 Å². The van der Waals surface area contributed by atoms with Gasteiger partial charge in [0.05, 0.1) is 12.7 Å². The van der Waals surface area contributed by atoms with E-state index in [2.05, 4.69) is 20.8 Å². The van der Waals surface area contributed by atoms with E-state index in [1.807, 2.05) is 27.7 Å². The highest BCUT2D eigenvalue weighted by atomic mass is 16.7. The van der Waals surface area contributed by atoms with Gasteiger partial charge in [0.15, 0.2) is 5.79 Å². The molecule has 86 valence electrons. The molecule has 1 rings (SSSR count). The lowest BCUT2D eigenvalue weighted by Crippen LogP contribution is -2.45. The molecule has 0 radical (unpaired) electrons. The zero-order valence-electron chi connectivity index (χ0n) is 10.8. The van der Waals surface area contributed by atoms with E-state index in [4.69, 9.17) is 9.47 Å². The van der Waals surface area contributed by atoms with Gasteiger partial charge in [-0.3, -0.25) is 0 Å². The number of hydrogen-bond acceptors (Lipinski definition) is 2. The Balaban J connectivity index is 0.000000791. The van der Waals surface area contributed by atoms with Crippen LogP contribution < -0.4 is 0 Å². The van der Waals surface area contributed by atoms with Gasteiger partial charge in [-0.1, -0.05) is 27.7 Å². The molecule has 1 aliphatic rings. The van der Waals surface area contributed by atoms with Gasteiger partial charge in [-0.2, -0.15) is 0 Å². The lowest BCUT2D eigenvalue weighted by atomic mass is 9.90. The molecule has 0 amide bonds. The average Bonchev–Trinajstić information content (AvgIpc) is 2.05. The van der Waals surface area contributed by atoms with Crippen molar-refractivity contribution < 1.29 is 9.47 Å². The summed E-state index contributed by atoms with van der Waals surface area (Å²) >= 11 is 0. The second-order valence-electron chi connectivity index (χ2n) is 4.44. The van der Waals surface area contributed by atoms with E-state index in [0.29, 0.717) is 17.9 Å². The Morgan fingerprint density at radius 2 is 1.71 bits per heavy atom. The van der Waals surface area contributed by atoms with Crippen molar-refractivity contribution in [1.82, 2.24) is 0 Å². The van der Waals surface area contributed by atoms with Crippen LogP contribution in [-0.4, -0.2) is 18.5 Å². The van der Waals surface area contributed by atoms with E-state index in [-0.39, 0.29) is 5.79 Å². The fourth-order valence-electron chi connectivity index (χ4n) is 1.74. The molecule has 2 atom stereocenters. The molecule has 1 saturated heterocycles. The van der Waals surface area contributed by atoms with Crippen molar-refractivity contribution in [3.05, 3.63) is 0 Å². The molecule has 0 aliphatic carbocycles. The molecule has 1 fully saturated rings. The van der Waals surface area contributed by atoms with Gasteiger partial charge in [0.25, 0.3) is 0 Å². The first-order valence-electron chi connectivity index (χ1n) is 5.74. The van der Waals surface area contributed by atoms with Crippen LogP contribution in [0.5, 0.6) is 0 Å². The molecule has 0 saturated carbocycles. The smallest absolute Gasteiger partial charge is 0.163 e. The summed E-state index contributed by atoms with van der Waals surface area (Å²) in [7, 11) is 0. The van der Waals surface area contributed by atoms with Crippen LogP contribution in [0.15, 0.2) is 0 Å². The van der Waals surface area contributed by atoms with Crippen LogP contribution in [0.2, 0.25) is 0 Å². The molecule has 2 nitrogen and oxygen atoms in total. The van der Waals surface area contributed by atoms with Crippen molar-refractivity contribution in [1.29, 1.82) is 0 Å². The molecule has 0 bridgehead atoms. The topological polar surface area (TPSA) is 18.5 Å². The van der Waals surface area contributed by atoms with Crippen molar-refractivity contribution in [3.8, 4) is 0 Å². The Bertz CT molecular complexity index is 152. The second-order valence-corrected chi connectivity index (χ2v) is 4.44. The molecule has 1 aliphatic heterocycles. The quantitative estimate of drug-likeness (QED) is 0.648. The zero-order chi connectivity index (χ0) is 11.4. The molecular formula is C12H26O2. The van der Waals surface area contributed by atoms with Crippen molar-refractivity contribution in [3.63, 3.8) is 0 Å². The third-order valence-electron chi connectivity index (χ3n) is 2.55. The van der Waals surface area contributed by atoms with Crippen LogP contribution in [0.4, 0.5) is 0 Å². The fraction of sp³-hybridized carbons (Fsp3) is 1.00. The highest BCUT2D eigenvalue weighted by Gasteiger charge is 2.34. The van der Waals surface area contributed by atoms with Gasteiger partial charge in [-0.05, 0) is 26.7 Å². The van der Waals surface area contributed by atoms with E-state index >= 15 is 0 Å². The zero-order valence-corrected chi connectivity index (χ0v) is 10.8. The number of hydrogen-bond donors (Lipinski definition) is 0. The number of ether oxygens (including phenoxy) is 2. The minimum atomic E-state index is -0.384. The predicted octanol–water partition coefficient (Wildman–Crippen LogP) is 3.46. The lowest BCUT2D eigenvalue weighted by molar-refractivity contribution is -0.293. The Hall–Kier alpha value is -0.0800. The summed E-state index contributed by atoms with van der Waals surface area (Å²) in [5.41, 5.74) is 0. The molecule has 0 N–H and O–H groups in total. The maximum Gasteiger partial charge on any atom is 0.163 e. The fourth-order valence-corrected chi connectivity index (χ4v) is 1.74. The van der Waals surface area contributed by atoms with Crippen LogP contribution in [-0.2, 0) is 9.47 Å². The minimum Gasteiger partial charge on any atom is -0.350 e. The van der Waals surface area contributed by atoms with Crippen molar-refractivity contribution in [2.45, 2.75) is 60.4 Å². The minimum absolute atomic E-state index is 0.314. The van der Waals surface area contributed by atoms with Crippen molar-refractivity contribution >= 4 is 0 Å². The first kappa shape index (κ1) is 13.9. The van der Waals surface area contributed by atoms with Gasteiger partial charge >= 0.3 is 0 Å². The Morgan fingerprint density at radius 1 is 1.21 bits per heavy atom. The monoisotopic (exact) mass is 202 g/mol. The summed E-state index contributed by atoms with van der Waals surface area (Å²) in [6, 6.07) is 0. The highest BCUT2D eigenvalue weighted by molar-refractivity contribution is 4.76. The summed E-state index contributed by atoms with van der Waals surface area (Å²) in [5.74, 6) is 0.791. The molecular weight excluding hydrogens is 176 g/mol. The van der Waals surface area contributed by atoms with Crippen LogP contribution >= 0.6 is 0 Å². The second kappa shape index (κ2) is 5.72. The largest absolute Gasteiger partial charge is 0.350 e. The van der Waals surface area contributed by atoms with Crippen LogP contribution in [0.3, 0.4) is 0 Å². The molecule has 14 heavy (non-hydrogen) atoms. The van der Waals surface area contributed by atoms with Gasteiger partial charge in [0.2, 0.25) is 0 Å². The molecule has 0 aromatic carbocycles. The Labute approximate surface area is 89.0 Å². The maximum atomic E-state index is 5.73. The van der Waals surface area contributed by atoms with E-state index in [1.54, 1.807) is 0 Å². The van der Waals surface area contributed by atoms with E-state index in [9.17, 15) is 0 Å². The summed E-state index contributed by atoms with van der Waals surface area (Å²) in [4.78, 5) is 0. The van der Waals surface area contributed by atoms with Crippen molar-refractivity contribution in [2.24, 2.45) is 11.8 Å². The Kier molecular flexibility index (Phi) is 5.68. The summed E-state index contributed by atoms with van der Waals surface area (Å²) in [5, 5.41) is 0. The van der Waals surface area contributed by atoms with Crippen LogP contribution in [0.1, 0.15) is 48.5 Å². The molecule has 0 aromatic heterocycles. The van der Waals surface area contributed by atoms with E-state index < -0.39 is 0 Å². The highest BCUT2D eigenvalue weighted by Crippen LogP contribution is 2.29. The third kappa shape index (κ3) is 3.97. The standard InChI is InChI=1S/C10H20O2.C2H6/c1-7(2)9-6-11-10(4,5)12-8(9)3;1-2/h7-9H,6H2,1-5H3;1-2H3.